The van der Waals surface area contributed by atoms with Gasteiger partial charge in [-0.3, -0.25) is 4.79 Å². The molecule has 1 saturated carbocycles. The van der Waals surface area contributed by atoms with E-state index < -0.39 is 17.5 Å². The lowest BCUT2D eigenvalue weighted by Gasteiger charge is -2.25. The number of carbonyl (C=O) groups is 3. The van der Waals surface area contributed by atoms with E-state index in [1.807, 2.05) is 20.8 Å². The highest BCUT2D eigenvalue weighted by Gasteiger charge is 2.42. The van der Waals surface area contributed by atoms with Gasteiger partial charge in [0.1, 0.15) is 5.54 Å². The third kappa shape index (κ3) is 4.71. The second-order valence-electron chi connectivity index (χ2n) is 6.20. The van der Waals surface area contributed by atoms with Crippen molar-refractivity contribution in [3.05, 3.63) is 0 Å². The van der Waals surface area contributed by atoms with Gasteiger partial charge in [-0.2, -0.15) is 0 Å². The maximum absolute atomic E-state index is 11.7. The molecule has 0 aliphatic heterocycles. The normalized spacial score (nSPS) is 17.4. The van der Waals surface area contributed by atoms with Crippen LogP contribution in [0, 0.1) is 0 Å². The molecule has 0 heterocycles. The van der Waals surface area contributed by atoms with Gasteiger partial charge in [-0.15, -0.1) is 0 Å². The monoisotopic (exact) mass is 285 g/mol. The Morgan fingerprint density at radius 2 is 1.70 bits per heavy atom. The number of aliphatic carboxylic acids is 1. The van der Waals surface area contributed by atoms with Gasteiger partial charge in [0, 0.05) is 5.54 Å². The molecular formula is C13H23N3O4. The van der Waals surface area contributed by atoms with E-state index in [0.29, 0.717) is 12.8 Å². The SMILES string of the molecule is CC(C)(C)NC(=O)CNC(=O)NC1(C(=O)O)CCCC1. The minimum Gasteiger partial charge on any atom is -0.480 e. The maximum atomic E-state index is 11.7. The van der Waals surface area contributed by atoms with E-state index in [1.165, 1.54) is 0 Å². The molecule has 0 saturated heterocycles. The second kappa shape index (κ2) is 6.11. The molecule has 1 rings (SSSR count). The maximum Gasteiger partial charge on any atom is 0.329 e. The molecule has 0 bridgehead atoms. The molecule has 0 radical (unpaired) electrons. The van der Waals surface area contributed by atoms with Crippen LogP contribution in [-0.4, -0.2) is 40.6 Å². The third-order valence-corrected chi connectivity index (χ3v) is 3.14. The van der Waals surface area contributed by atoms with E-state index in [-0.39, 0.29) is 18.0 Å². The summed E-state index contributed by atoms with van der Waals surface area (Å²) in [6.45, 7) is 5.33. The van der Waals surface area contributed by atoms with Gasteiger partial charge in [-0.25, -0.2) is 9.59 Å². The Kier molecular flexibility index (Phi) is 4.97. The molecule has 4 N–H and O–H groups in total. The van der Waals surface area contributed by atoms with Crippen LogP contribution < -0.4 is 16.0 Å². The van der Waals surface area contributed by atoms with Gasteiger partial charge in [0.05, 0.1) is 6.54 Å². The van der Waals surface area contributed by atoms with Crippen molar-refractivity contribution in [3.63, 3.8) is 0 Å². The Balaban J connectivity index is 2.44. The summed E-state index contributed by atoms with van der Waals surface area (Å²) >= 11 is 0. The zero-order valence-corrected chi connectivity index (χ0v) is 12.2. The topological polar surface area (TPSA) is 108 Å². The molecule has 114 valence electrons. The first-order valence-electron chi connectivity index (χ1n) is 6.75. The molecule has 0 aromatic carbocycles. The molecule has 20 heavy (non-hydrogen) atoms. The second-order valence-corrected chi connectivity index (χ2v) is 6.20. The smallest absolute Gasteiger partial charge is 0.329 e. The fourth-order valence-corrected chi connectivity index (χ4v) is 2.26. The zero-order chi connectivity index (χ0) is 15.4. The number of amides is 3. The Morgan fingerprint density at radius 3 is 2.15 bits per heavy atom. The number of carbonyl (C=O) groups excluding carboxylic acids is 2. The van der Waals surface area contributed by atoms with Crippen LogP contribution in [0.3, 0.4) is 0 Å². The Labute approximate surface area is 118 Å². The van der Waals surface area contributed by atoms with Crippen molar-refractivity contribution >= 4 is 17.9 Å². The Hall–Kier alpha value is -1.79. The van der Waals surface area contributed by atoms with E-state index >= 15 is 0 Å². The van der Waals surface area contributed by atoms with Crippen LogP contribution >= 0.6 is 0 Å². The summed E-state index contributed by atoms with van der Waals surface area (Å²) in [6, 6.07) is -0.627. The van der Waals surface area contributed by atoms with Gasteiger partial charge in [0.2, 0.25) is 5.91 Å². The van der Waals surface area contributed by atoms with Crippen LogP contribution in [0.5, 0.6) is 0 Å². The van der Waals surface area contributed by atoms with Crippen molar-refractivity contribution in [1.29, 1.82) is 0 Å². The largest absolute Gasteiger partial charge is 0.480 e. The number of carboxylic acids is 1. The highest BCUT2D eigenvalue weighted by Crippen LogP contribution is 2.29. The number of nitrogens with one attached hydrogen (secondary N) is 3. The van der Waals surface area contributed by atoms with Crippen LogP contribution in [0.25, 0.3) is 0 Å². The first-order valence-corrected chi connectivity index (χ1v) is 6.75. The van der Waals surface area contributed by atoms with Crippen LogP contribution in [0.2, 0.25) is 0 Å². The van der Waals surface area contributed by atoms with E-state index in [1.54, 1.807) is 0 Å². The lowest BCUT2D eigenvalue weighted by Crippen LogP contribution is -2.56. The average molecular weight is 285 g/mol. The standard InChI is InChI=1S/C13H23N3O4/c1-12(2,3)15-9(17)8-14-11(20)16-13(10(18)19)6-4-5-7-13/h4-8H2,1-3H3,(H,15,17)(H,18,19)(H2,14,16,20). The van der Waals surface area contributed by atoms with Crippen molar-refractivity contribution in [3.8, 4) is 0 Å². The van der Waals surface area contributed by atoms with E-state index in [4.69, 9.17) is 0 Å². The summed E-state index contributed by atoms with van der Waals surface area (Å²) in [5, 5.41) is 16.8. The predicted molar refractivity (Wildman–Crippen MR) is 73.3 cm³/mol. The number of hydrogen-bond acceptors (Lipinski definition) is 3. The number of hydrogen-bond donors (Lipinski definition) is 4. The lowest BCUT2D eigenvalue weighted by molar-refractivity contribution is -0.144. The number of rotatable bonds is 4. The van der Waals surface area contributed by atoms with Gasteiger partial charge in [-0.1, -0.05) is 12.8 Å². The van der Waals surface area contributed by atoms with Gasteiger partial charge >= 0.3 is 12.0 Å². The Bertz CT molecular complexity index is 395. The van der Waals surface area contributed by atoms with Crippen molar-refractivity contribution in [2.45, 2.75) is 57.5 Å². The van der Waals surface area contributed by atoms with Crippen LogP contribution in [0.15, 0.2) is 0 Å². The summed E-state index contributed by atoms with van der Waals surface area (Å²) in [4.78, 5) is 34.5. The molecule has 7 heteroatoms. The number of carboxylic acid groups (broad SMARTS) is 1. The van der Waals surface area contributed by atoms with Crippen LogP contribution in [0.1, 0.15) is 46.5 Å². The van der Waals surface area contributed by atoms with Gasteiger partial charge in [0.15, 0.2) is 0 Å². The number of urea groups is 1. The quantitative estimate of drug-likeness (QED) is 0.606. The first kappa shape index (κ1) is 16.3. The van der Waals surface area contributed by atoms with Gasteiger partial charge in [-0.05, 0) is 33.6 Å². The van der Waals surface area contributed by atoms with Crippen molar-refractivity contribution in [1.82, 2.24) is 16.0 Å². The molecule has 1 aliphatic rings. The molecule has 7 nitrogen and oxygen atoms in total. The molecule has 1 fully saturated rings. The summed E-state index contributed by atoms with van der Waals surface area (Å²) in [5.74, 6) is -1.34. The minimum atomic E-state index is -1.19. The molecule has 0 unspecified atom stereocenters. The summed E-state index contributed by atoms with van der Waals surface area (Å²) in [6.07, 6.45) is 2.39. The third-order valence-electron chi connectivity index (χ3n) is 3.14. The van der Waals surface area contributed by atoms with Crippen LogP contribution in [0.4, 0.5) is 4.79 Å². The van der Waals surface area contributed by atoms with E-state index in [9.17, 15) is 19.5 Å². The van der Waals surface area contributed by atoms with E-state index in [2.05, 4.69) is 16.0 Å². The molecular weight excluding hydrogens is 262 g/mol. The average Bonchev–Trinajstić information content (AvgIpc) is 2.74. The van der Waals surface area contributed by atoms with Gasteiger partial charge < -0.3 is 21.1 Å². The lowest BCUT2D eigenvalue weighted by atomic mass is 9.98. The molecule has 0 spiro atoms. The molecule has 0 aromatic rings. The fourth-order valence-electron chi connectivity index (χ4n) is 2.26. The highest BCUT2D eigenvalue weighted by atomic mass is 16.4. The van der Waals surface area contributed by atoms with Crippen molar-refractivity contribution in [2.75, 3.05) is 6.54 Å². The van der Waals surface area contributed by atoms with Crippen LogP contribution in [-0.2, 0) is 9.59 Å². The molecule has 1 aliphatic carbocycles. The molecule has 3 amide bonds. The van der Waals surface area contributed by atoms with Gasteiger partial charge in [0.25, 0.3) is 0 Å². The first-order chi connectivity index (χ1) is 9.15. The summed E-state index contributed by atoms with van der Waals surface area (Å²) in [5.41, 5.74) is -1.56. The fraction of sp³-hybridized carbons (Fsp3) is 0.769. The summed E-state index contributed by atoms with van der Waals surface area (Å²) < 4.78 is 0. The zero-order valence-electron chi connectivity index (χ0n) is 12.2. The minimum absolute atomic E-state index is 0.182. The highest BCUT2D eigenvalue weighted by molar-refractivity contribution is 5.89. The van der Waals surface area contributed by atoms with Crippen molar-refractivity contribution < 1.29 is 19.5 Å². The van der Waals surface area contributed by atoms with E-state index in [0.717, 1.165) is 12.8 Å². The summed E-state index contributed by atoms with van der Waals surface area (Å²) in [7, 11) is 0. The Morgan fingerprint density at radius 1 is 1.15 bits per heavy atom. The molecule has 0 aromatic heterocycles. The molecule has 0 atom stereocenters. The predicted octanol–water partition coefficient (Wildman–Crippen LogP) is 0.598. The van der Waals surface area contributed by atoms with Crippen molar-refractivity contribution in [2.24, 2.45) is 0 Å².